The van der Waals surface area contributed by atoms with Crippen molar-refractivity contribution in [1.29, 1.82) is 0 Å². The molecule has 1 atom stereocenters. The van der Waals surface area contributed by atoms with Gasteiger partial charge < -0.3 is 14.0 Å². The number of piperidine rings is 1. The third-order valence-electron chi connectivity index (χ3n) is 4.71. The number of carbonyl (C=O) groups excluding carboxylic acids is 1. The zero-order valence-corrected chi connectivity index (χ0v) is 16.1. The third kappa shape index (κ3) is 3.12. The Morgan fingerprint density at radius 3 is 2.77 bits per heavy atom. The number of aryl methyl sites for hydroxylation is 1. The molecule has 0 bridgehead atoms. The van der Waals surface area contributed by atoms with Crippen LogP contribution in [-0.4, -0.2) is 49.3 Å². The second-order valence-electron chi connectivity index (χ2n) is 6.53. The van der Waals surface area contributed by atoms with Gasteiger partial charge in [0.15, 0.2) is 16.3 Å². The van der Waals surface area contributed by atoms with E-state index in [0.717, 1.165) is 10.2 Å². The van der Waals surface area contributed by atoms with Crippen LogP contribution in [-0.2, 0) is 21.9 Å². The van der Waals surface area contributed by atoms with Crippen LogP contribution in [0, 0.1) is 5.92 Å². The molecule has 1 saturated heterocycles. The lowest BCUT2D eigenvalue weighted by molar-refractivity contribution is -0.122. The van der Waals surface area contributed by atoms with Gasteiger partial charge in [-0.25, -0.2) is 12.7 Å². The van der Waals surface area contributed by atoms with Gasteiger partial charge >= 0.3 is 0 Å². The summed E-state index contributed by atoms with van der Waals surface area (Å²) in [5.41, 5.74) is 0.909. The van der Waals surface area contributed by atoms with Crippen molar-refractivity contribution >= 4 is 37.5 Å². The molecule has 0 radical (unpaired) electrons. The van der Waals surface area contributed by atoms with Gasteiger partial charge in [0.25, 0.3) is 5.91 Å². The number of sulfonamides is 1. The average Bonchev–Trinajstić information content (AvgIpc) is 3.17. The summed E-state index contributed by atoms with van der Waals surface area (Å²) in [4.78, 5) is 17.5. The maximum absolute atomic E-state index is 12.6. The van der Waals surface area contributed by atoms with E-state index in [2.05, 4.69) is 4.99 Å². The van der Waals surface area contributed by atoms with Gasteiger partial charge in [-0.3, -0.25) is 4.79 Å². The number of benzene rings is 1. The van der Waals surface area contributed by atoms with Crippen LogP contribution in [0.2, 0.25) is 0 Å². The molecule has 0 aliphatic carbocycles. The van der Waals surface area contributed by atoms with Crippen LogP contribution < -0.4 is 14.3 Å². The Morgan fingerprint density at radius 1 is 1.31 bits per heavy atom. The molecular weight excluding hydrogens is 378 g/mol. The van der Waals surface area contributed by atoms with Gasteiger partial charge in [-0.2, -0.15) is 4.99 Å². The molecule has 1 aromatic heterocycles. The maximum atomic E-state index is 12.6. The summed E-state index contributed by atoms with van der Waals surface area (Å²) in [5.74, 6) is 0.689. The summed E-state index contributed by atoms with van der Waals surface area (Å²) < 4.78 is 38.4. The van der Waals surface area contributed by atoms with E-state index in [4.69, 9.17) is 9.47 Å². The molecule has 0 spiro atoms. The van der Waals surface area contributed by atoms with Crippen molar-refractivity contribution in [2.75, 3.05) is 26.1 Å². The van der Waals surface area contributed by atoms with Crippen molar-refractivity contribution in [3.63, 3.8) is 0 Å². The van der Waals surface area contributed by atoms with Gasteiger partial charge in [-0.05, 0) is 12.8 Å². The van der Waals surface area contributed by atoms with Gasteiger partial charge in [0.05, 0.1) is 22.4 Å². The van der Waals surface area contributed by atoms with E-state index in [1.807, 2.05) is 23.7 Å². The smallest absolute Gasteiger partial charge is 0.252 e. The number of hydrogen-bond acceptors (Lipinski definition) is 6. The number of amides is 1. The van der Waals surface area contributed by atoms with Crippen molar-refractivity contribution < 1.29 is 22.7 Å². The fourth-order valence-corrected chi connectivity index (χ4v) is 5.20. The molecule has 2 aromatic rings. The van der Waals surface area contributed by atoms with Crippen LogP contribution >= 0.6 is 11.3 Å². The molecule has 140 valence electrons. The minimum Gasteiger partial charge on any atom is -0.454 e. The van der Waals surface area contributed by atoms with E-state index in [1.54, 1.807) is 0 Å². The van der Waals surface area contributed by atoms with Crippen LogP contribution in [0.3, 0.4) is 0 Å². The molecule has 4 rings (SSSR count). The van der Waals surface area contributed by atoms with Gasteiger partial charge in [0.2, 0.25) is 16.8 Å². The largest absolute Gasteiger partial charge is 0.454 e. The lowest BCUT2D eigenvalue weighted by Crippen LogP contribution is -2.41. The van der Waals surface area contributed by atoms with Crippen LogP contribution in [0.25, 0.3) is 10.2 Å². The average molecular weight is 397 g/mol. The summed E-state index contributed by atoms with van der Waals surface area (Å²) in [6.45, 7) is 0.876. The van der Waals surface area contributed by atoms with E-state index in [-0.39, 0.29) is 19.2 Å². The first-order chi connectivity index (χ1) is 12.3. The standard InChI is InChI=1S/C16H19N3O5S2/c1-18-11-6-12-13(24-9-23-12)7-14(11)25-16(18)17-15(20)10-4-3-5-19(8-10)26(2,21)22/h6-7,10H,3-5,8-9H2,1-2H3/t10-/m0/s1. The quantitative estimate of drug-likeness (QED) is 0.756. The van der Waals surface area contributed by atoms with Crippen molar-refractivity contribution in [3.8, 4) is 11.5 Å². The second kappa shape index (κ2) is 6.36. The molecule has 1 fully saturated rings. The van der Waals surface area contributed by atoms with Crippen LogP contribution in [0.5, 0.6) is 11.5 Å². The highest BCUT2D eigenvalue weighted by Gasteiger charge is 2.30. The zero-order valence-electron chi connectivity index (χ0n) is 14.5. The number of rotatable bonds is 2. The number of thiazole rings is 1. The first-order valence-electron chi connectivity index (χ1n) is 8.26. The molecule has 2 aliphatic rings. The lowest BCUT2D eigenvalue weighted by atomic mass is 9.99. The molecule has 3 heterocycles. The Bertz CT molecular complexity index is 1050. The van der Waals surface area contributed by atoms with Gasteiger partial charge in [0, 0.05) is 32.3 Å². The zero-order chi connectivity index (χ0) is 18.5. The van der Waals surface area contributed by atoms with Crippen LogP contribution in [0.4, 0.5) is 0 Å². The van der Waals surface area contributed by atoms with E-state index in [0.29, 0.717) is 35.7 Å². The number of nitrogens with zero attached hydrogens (tertiary/aromatic N) is 3. The maximum Gasteiger partial charge on any atom is 0.252 e. The number of fused-ring (bicyclic) bond motifs is 2. The highest BCUT2D eigenvalue weighted by atomic mass is 32.2. The van der Waals surface area contributed by atoms with Crippen molar-refractivity contribution in [1.82, 2.24) is 8.87 Å². The normalized spacial score (nSPS) is 21.5. The molecule has 26 heavy (non-hydrogen) atoms. The molecule has 0 N–H and O–H groups in total. The van der Waals surface area contributed by atoms with Gasteiger partial charge in [0.1, 0.15) is 0 Å². The van der Waals surface area contributed by atoms with Crippen molar-refractivity contribution in [3.05, 3.63) is 16.9 Å². The van der Waals surface area contributed by atoms with Crippen molar-refractivity contribution in [2.24, 2.45) is 18.0 Å². The fourth-order valence-electron chi connectivity index (χ4n) is 3.25. The molecule has 1 amide bonds. The van der Waals surface area contributed by atoms with E-state index in [1.165, 1.54) is 21.9 Å². The summed E-state index contributed by atoms with van der Waals surface area (Å²) >= 11 is 1.40. The van der Waals surface area contributed by atoms with E-state index in [9.17, 15) is 13.2 Å². The summed E-state index contributed by atoms with van der Waals surface area (Å²) in [5, 5.41) is 0. The molecule has 0 saturated carbocycles. The van der Waals surface area contributed by atoms with E-state index >= 15 is 0 Å². The minimum absolute atomic E-state index is 0.200. The molecule has 1 aromatic carbocycles. The fraction of sp³-hybridized carbons (Fsp3) is 0.500. The monoisotopic (exact) mass is 397 g/mol. The Kier molecular flexibility index (Phi) is 4.28. The van der Waals surface area contributed by atoms with Crippen LogP contribution in [0.15, 0.2) is 17.1 Å². The van der Waals surface area contributed by atoms with E-state index < -0.39 is 15.9 Å². The molecule has 2 aliphatic heterocycles. The number of aromatic nitrogens is 1. The summed E-state index contributed by atoms with van der Waals surface area (Å²) in [6, 6.07) is 3.77. The van der Waals surface area contributed by atoms with Crippen LogP contribution in [0.1, 0.15) is 12.8 Å². The minimum atomic E-state index is -3.29. The molecule has 8 nitrogen and oxygen atoms in total. The summed E-state index contributed by atoms with van der Waals surface area (Å²) in [7, 11) is -1.45. The lowest BCUT2D eigenvalue weighted by Gasteiger charge is -2.28. The van der Waals surface area contributed by atoms with Gasteiger partial charge in [-0.1, -0.05) is 11.3 Å². The van der Waals surface area contributed by atoms with Crippen molar-refractivity contribution in [2.45, 2.75) is 12.8 Å². The Balaban J connectivity index is 1.65. The predicted molar refractivity (Wildman–Crippen MR) is 96.6 cm³/mol. The first kappa shape index (κ1) is 17.5. The Hall–Kier alpha value is -1.91. The summed E-state index contributed by atoms with van der Waals surface area (Å²) in [6.07, 6.45) is 2.49. The number of ether oxygens (including phenoxy) is 2. The van der Waals surface area contributed by atoms with Gasteiger partial charge in [-0.15, -0.1) is 0 Å². The third-order valence-corrected chi connectivity index (χ3v) is 7.08. The SMILES string of the molecule is Cn1c(=NC(=O)[C@H]2CCCN(S(C)(=O)=O)C2)sc2cc3c(cc21)OCO3. The first-order valence-corrected chi connectivity index (χ1v) is 10.9. The molecule has 0 unspecified atom stereocenters. The molecular formula is C16H19N3O5S2. The number of carbonyl (C=O) groups is 1. The highest BCUT2D eigenvalue weighted by molar-refractivity contribution is 7.88. The number of hydrogen-bond donors (Lipinski definition) is 0. The topological polar surface area (TPSA) is 90.2 Å². The second-order valence-corrected chi connectivity index (χ2v) is 9.52. The highest BCUT2D eigenvalue weighted by Crippen LogP contribution is 2.36. The molecule has 10 heteroatoms. The Labute approximate surface area is 154 Å². The Morgan fingerprint density at radius 2 is 2.04 bits per heavy atom. The predicted octanol–water partition coefficient (Wildman–Crippen LogP) is 1.07.